The molecule has 0 atom stereocenters. The van der Waals surface area contributed by atoms with Gasteiger partial charge in [-0.3, -0.25) is 4.79 Å². The van der Waals surface area contributed by atoms with Crippen LogP contribution in [0.4, 0.5) is 0 Å². The number of sulfonamides is 1. The van der Waals surface area contributed by atoms with Gasteiger partial charge in [0, 0.05) is 17.6 Å². The van der Waals surface area contributed by atoms with Gasteiger partial charge in [-0.2, -0.15) is 0 Å². The fourth-order valence-corrected chi connectivity index (χ4v) is 2.09. The summed E-state index contributed by atoms with van der Waals surface area (Å²) in [5.74, 6) is -0.243. The van der Waals surface area contributed by atoms with Crippen LogP contribution in [-0.2, 0) is 10.0 Å². The van der Waals surface area contributed by atoms with Gasteiger partial charge < -0.3 is 5.32 Å². The highest BCUT2D eigenvalue weighted by Crippen LogP contribution is 2.15. The minimum absolute atomic E-state index is 0.176. The summed E-state index contributed by atoms with van der Waals surface area (Å²) < 4.78 is 24.5. The lowest BCUT2D eigenvalue weighted by molar-refractivity contribution is 0.0953. The Morgan fingerprint density at radius 3 is 2.53 bits per heavy atom. The smallest absolute Gasteiger partial charge is 0.252 e. The molecule has 1 aromatic carbocycles. The molecule has 0 saturated heterocycles. The van der Waals surface area contributed by atoms with Gasteiger partial charge in [-0.1, -0.05) is 12.1 Å². The summed E-state index contributed by atoms with van der Waals surface area (Å²) in [5.41, 5.74) is 0.520. The van der Waals surface area contributed by atoms with Crippen molar-refractivity contribution in [1.29, 1.82) is 0 Å². The molecule has 0 heterocycles. The van der Waals surface area contributed by atoms with Crippen molar-refractivity contribution in [1.82, 2.24) is 10.0 Å². The summed E-state index contributed by atoms with van der Waals surface area (Å²) in [6.07, 6.45) is 1.07. The van der Waals surface area contributed by atoms with E-state index in [0.717, 1.165) is 6.26 Å². The second-order valence-electron chi connectivity index (χ2n) is 3.40. The Kier molecular flexibility index (Phi) is 5.10. The molecule has 0 unspecified atom stereocenters. The van der Waals surface area contributed by atoms with E-state index in [1.165, 1.54) is 0 Å². The van der Waals surface area contributed by atoms with Gasteiger partial charge in [-0.15, -0.1) is 0 Å². The van der Waals surface area contributed by atoms with Crippen molar-refractivity contribution < 1.29 is 13.2 Å². The maximum atomic E-state index is 11.7. The average Bonchev–Trinajstić information content (AvgIpc) is 2.23. The third kappa shape index (κ3) is 5.29. The monoisotopic (exact) mass is 320 g/mol. The van der Waals surface area contributed by atoms with E-state index >= 15 is 0 Å². The third-order valence-electron chi connectivity index (χ3n) is 1.89. The van der Waals surface area contributed by atoms with Gasteiger partial charge in [-0.05, 0) is 28.1 Å². The van der Waals surface area contributed by atoms with Crippen molar-refractivity contribution in [2.75, 3.05) is 19.3 Å². The quantitative estimate of drug-likeness (QED) is 0.785. The Bertz CT molecular complexity index is 502. The number of amides is 1. The fraction of sp³-hybridized carbons (Fsp3) is 0.300. The van der Waals surface area contributed by atoms with E-state index in [0.29, 0.717) is 10.0 Å². The average molecular weight is 321 g/mol. The minimum Gasteiger partial charge on any atom is -0.351 e. The molecule has 5 nitrogen and oxygen atoms in total. The van der Waals surface area contributed by atoms with Crippen LogP contribution >= 0.6 is 15.9 Å². The van der Waals surface area contributed by atoms with Crippen LogP contribution in [0.2, 0.25) is 0 Å². The first-order chi connectivity index (χ1) is 7.90. The number of hydrogen-bond donors (Lipinski definition) is 2. The van der Waals surface area contributed by atoms with Gasteiger partial charge in [0.2, 0.25) is 10.0 Å². The van der Waals surface area contributed by atoms with Gasteiger partial charge in [0.05, 0.1) is 11.8 Å². The van der Waals surface area contributed by atoms with E-state index in [2.05, 4.69) is 26.0 Å². The zero-order chi connectivity index (χ0) is 12.9. The van der Waals surface area contributed by atoms with Gasteiger partial charge in [0.25, 0.3) is 5.91 Å². The molecular weight excluding hydrogens is 308 g/mol. The van der Waals surface area contributed by atoms with E-state index in [1.54, 1.807) is 18.2 Å². The molecule has 0 saturated carbocycles. The van der Waals surface area contributed by atoms with Crippen LogP contribution in [0, 0.1) is 0 Å². The highest BCUT2D eigenvalue weighted by atomic mass is 79.9. The second kappa shape index (κ2) is 6.13. The van der Waals surface area contributed by atoms with Crippen LogP contribution in [0.25, 0.3) is 0 Å². The minimum atomic E-state index is -3.21. The van der Waals surface area contributed by atoms with Crippen molar-refractivity contribution >= 4 is 31.9 Å². The van der Waals surface area contributed by atoms with Crippen LogP contribution in [-0.4, -0.2) is 33.7 Å². The van der Waals surface area contributed by atoms with Crippen LogP contribution in [0.3, 0.4) is 0 Å². The maximum Gasteiger partial charge on any atom is 0.252 e. The Morgan fingerprint density at radius 1 is 1.29 bits per heavy atom. The molecule has 0 aliphatic rings. The van der Waals surface area contributed by atoms with E-state index in [4.69, 9.17) is 0 Å². The van der Waals surface area contributed by atoms with E-state index < -0.39 is 10.0 Å². The molecular formula is C10H13BrN2O3S. The first-order valence-corrected chi connectivity index (χ1v) is 7.56. The standard InChI is InChI=1S/C10H13BrN2O3S/c1-17(15,16)13-7-6-12-10(14)8-4-2-3-5-9(8)11/h2-5,13H,6-7H2,1H3,(H,12,14). The Hall–Kier alpha value is -0.920. The van der Waals surface area contributed by atoms with E-state index in [1.807, 2.05) is 6.07 Å². The predicted molar refractivity (Wildman–Crippen MR) is 69.3 cm³/mol. The molecule has 0 bridgehead atoms. The molecule has 2 N–H and O–H groups in total. The lowest BCUT2D eigenvalue weighted by atomic mass is 10.2. The summed E-state index contributed by atoms with van der Waals surface area (Å²) in [5, 5.41) is 2.62. The molecule has 0 aromatic heterocycles. The normalized spacial score (nSPS) is 11.2. The van der Waals surface area contributed by atoms with Gasteiger partial charge in [-0.25, -0.2) is 13.1 Å². The summed E-state index contributed by atoms with van der Waals surface area (Å²) in [6.45, 7) is 0.419. The molecule has 7 heteroatoms. The first-order valence-electron chi connectivity index (χ1n) is 4.87. The first kappa shape index (κ1) is 14.1. The second-order valence-corrected chi connectivity index (χ2v) is 6.09. The van der Waals surface area contributed by atoms with Crippen molar-refractivity contribution in [3.63, 3.8) is 0 Å². The van der Waals surface area contributed by atoms with E-state index in [-0.39, 0.29) is 19.0 Å². The lowest BCUT2D eigenvalue weighted by Gasteiger charge is -2.06. The number of benzene rings is 1. The van der Waals surface area contributed by atoms with Crippen LogP contribution < -0.4 is 10.0 Å². The number of halogens is 1. The zero-order valence-corrected chi connectivity index (χ0v) is 11.6. The van der Waals surface area contributed by atoms with Crippen LogP contribution in [0.1, 0.15) is 10.4 Å². The molecule has 17 heavy (non-hydrogen) atoms. The highest BCUT2D eigenvalue weighted by molar-refractivity contribution is 9.10. The fourth-order valence-electron chi connectivity index (χ4n) is 1.15. The molecule has 0 fully saturated rings. The molecule has 0 aliphatic carbocycles. The number of rotatable bonds is 5. The third-order valence-corrected chi connectivity index (χ3v) is 3.31. The molecule has 1 rings (SSSR count). The van der Waals surface area contributed by atoms with Crippen molar-refractivity contribution in [3.05, 3.63) is 34.3 Å². The van der Waals surface area contributed by atoms with Gasteiger partial charge in [0.1, 0.15) is 0 Å². The van der Waals surface area contributed by atoms with E-state index in [9.17, 15) is 13.2 Å². The molecule has 1 aromatic rings. The Labute approximate surface area is 109 Å². The molecule has 0 radical (unpaired) electrons. The molecule has 0 spiro atoms. The summed E-state index contributed by atoms with van der Waals surface area (Å²) >= 11 is 3.27. The highest BCUT2D eigenvalue weighted by Gasteiger charge is 2.08. The van der Waals surface area contributed by atoms with Gasteiger partial charge in [0.15, 0.2) is 0 Å². The number of hydrogen-bond acceptors (Lipinski definition) is 3. The SMILES string of the molecule is CS(=O)(=O)NCCNC(=O)c1ccccc1Br. The molecule has 1 amide bonds. The summed E-state index contributed by atoms with van der Waals surface area (Å²) in [4.78, 5) is 11.7. The molecule has 94 valence electrons. The number of carbonyl (C=O) groups excluding carboxylic acids is 1. The van der Waals surface area contributed by atoms with Crippen molar-refractivity contribution in [3.8, 4) is 0 Å². The Morgan fingerprint density at radius 2 is 1.94 bits per heavy atom. The zero-order valence-electron chi connectivity index (χ0n) is 9.23. The Balaban J connectivity index is 2.44. The topological polar surface area (TPSA) is 75.3 Å². The number of carbonyl (C=O) groups is 1. The van der Waals surface area contributed by atoms with Crippen LogP contribution in [0.15, 0.2) is 28.7 Å². The predicted octanol–water partition coefficient (Wildman–Crippen LogP) is 0.728. The van der Waals surface area contributed by atoms with Crippen molar-refractivity contribution in [2.24, 2.45) is 0 Å². The summed E-state index contributed by atoms with van der Waals surface area (Å²) in [7, 11) is -3.21. The largest absolute Gasteiger partial charge is 0.351 e. The van der Waals surface area contributed by atoms with Gasteiger partial charge >= 0.3 is 0 Å². The van der Waals surface area contributed by atoms with Crippen molar-refractivity contribution in [2.45, 2.75) is 0 Å². The lowest BCUT2D eigenvalue weighted by Crippen LogP contribution is -2.34. The maximum absolute atomic E-state index is 11.7. The summed E-state index contributed by atoms with van der Waals surface area (Å²) in [6, 6.07) is 7.02. The molecule has 0 aliphatic heterocycles. The number of nitrogens with one attached hydrogen (secondary N) is 2. The van der Waals surface area contributed by atoms with Crippen LogP contribution in [0.5, 0.6) is 0 Å².